The number of hydrogen-bond acceptors (Lipinski definition) is 4. The van der Waals surface area contributed by atoms with Gasteiger partial charge >= 0.3 is 0 Å². The molecule has 2 N–H and O–H groups in total. The van der Waals surface area contributed by atoms with Crippen molar-refractivity contribution in [2.24, 2.45) is 5.73 Å². The Morgan fingerprint density at radius 3 is 2.80 bits per heavy atom. The Hall–Kier alpha value is -2.84. The number of halogens is 2. The van der Waals surface area contributed by atoms with E-state index in [-0.39, 0.29) is 17.8 Å². The van der Waals surface area contributed by atoms with Crippen LogP contribution >= 0.6 is 0 Å². The number of hydrogen-bond donors (Lipinski definition) is 1. The zero-order valence-electron chi connectivity index (χ0n) is 13.6. The summed E-state index contributed by atoms with van der Waals surface area (Å²) in [6.07, 6.45) is 1.21. The maximum atomic E-state index is 13.8. The van der Waals surface area contributed by atoms with Gasteiger partial charge in [-0.1, -0.05) is 11.3 Å². The summed E-state index contributed by atoms with van der Waals surface area (Å²) < 4.78 is 28.1. The molecule has 0 saturated carbocycles. The molecule has 25 heavy (non-hydrogen) atoms. The highest BCUT2D eigenvalue weighted by Crippen LogP contribution is 2.21. The number of benzene rings is 1. The lowest BCUT2D eigenvalue weighted by Gasteiger charge is -2.21. The summed E-state index contributed by atoms with van der Waals surface area (Å²) in [5.74, 6) is -2.34. The molecule has 3 rings (SSSR count). The van der Waals surface area contributed by atoms with Crippen LogP contribution in [0.25, 0.3) is 0 Å². The fraction of sp³-hybridized carbons (Fsp3) is 0.375. The molecule has 1 saturated heterocycles. The van der Waals surface area contributed by atoms with Crippen LogP contribution in [0, 0.1) is 18.6 Å². The third kappa shape index (κ3) is 3.21. The lowest BCUT2D eigenvalue weighted by atomic mass is 10.2. The normalized spacial score (nSPS) is 17.1. The first-order valence-electron chi connectivity index (χ1n) is 7.82. The molecule has 132 valence electrons. The van der Waals surface area contributed by atoms with Crippen molar-refractivity contribution in [2.75, 3.05) is 6.54 Å². The molecule has 1 aliphatic rings. The molecular weight excluding hydrogens is 332 g/mol. The summed E-state index contributed by atoms with van der Waals surface area (Å²) in [5.41, 5.74) is 6.09. The number of amides is 2. The number of nitrogens with two attached hydrogens (primary N) is 1. The van der Waals surface area contributed by atoms with Crippen molar-refractivity contribution in [2.45, 2.75) is 32.4 Å². The van der Waals surface area contributed by atoms with E-state index in [1.165, 1.54) is 15.6 Å². The SMILES string of the molecule is Cc1c(C(=O)N2CCCC2C(N)=O)nnn1Cc1ccc(F)cc1F. The van der Waals surface area contributed by atoms with Crippen molar-refractivity contribution in [3.8, 4) is 0 Å². The molecule has 1 atom stereocenters. The van der Waals surface area contributed by atoms with E-state index in [1.807, 2.05) is 0 Å². The fourth-order valence-electron chi connectivity index (χ4n) is 2.96. The van der Waals surface area contributed by atoms with Crippen LogP contribution in [0.5, 0.6) is 0 Å². The van der Waals surface area contributed by atoms with E-state index >= 15 is 0 Å². The zero-order valence-corrected chi connectivity index (χ0v) is 13.6. The minimum atomic E-state index is -0.698. The van der Waals surface area contributed by atoms with Crippen LogP contribution in [0.15, 0.2) is 18.2 Å². The Bertz CT molecular complexity index is 836. The van der Waals surface area contributed by atoms with Crippen molar-refractivity contribution in [3.05, 3.63) is 46.8 Å². The Balaban J connectivity index is 1.83. The van der Waals surface area contributed by atoms with Crippen molar-refractivity contribution in [1.82, 2.24) is 19.9 Å². The predicted molar refractivity (Wildman–Crippen MR) is 83.5 cm³/mol. The molecule has 9 heteroatoms. The second kappa shape index (κ2) is 6.58. The standard InChI is InChI=1S/C16H17F2N5O2/c1-9-14(16(25)22-6-2-3-13(22)15(19)24)20-21-23(9)8-10-4-5-11(17)7-12(10)18/h4-5,7,13H,2-3,6,8H2,1H3,(H2,19,24). The largest absolute Gasteiger partial charge is 0.368 e. The van der Waals surface area contributed by atoms with Crippen LogP contribution in [-0.4, -0.2) is 44.3 Å². The Labute approximate surface area is 142 Å². The van der Waals surface area contributed by atoms with E-state index in [1.54, 1.807) is 6.92 Å². The van der Waals surface area contributed by atoms with Crippen molar-refractivity contribution in [3.63, 3.8) is 0 Å². The number of aromatic nitrogens is 3. The fourth-order valence-corrected chi connectivity index (χ4v) is 2.96. The van der Waals surface area contributed by atoms with E-state index in [0.29, 0.717) is 25.1 Å². The van der Waals surface area contributed by atoms with Crippen LogP contribution < -0.4 is 5.73 Å². The van der Waals surface area contributed by atoms with Crippen molar-refractivity contribution < 1.29 is 18.4 Å². The molecule has 1 unspecified atom stereocenters. The maximum absolute atomic E-state index is 13.8. The van der Waals surface area contributed by atoms with Gasteiger partial charge in [0.05, 0.1) is 12.2 Å². The van der Waals surface area contributed by atoms with Crippen LogP contribution in [0.4, 0.5) is 8.78 Å². The van der Waals surface area contributed by atoms with Gasteiger partial charge < -0.3 is 10.6 Å². The van der Waals surface area contributed by atoms with E-state index < -0.39 is 29.5 Å². The van der Waals surface area contributed by atoms with Gasteiger partial charge in [-0.25, -0.2) is 13.5 Å². The lowest BCUT2D eigenvalue weighted by molar-refractivity contribution is -0.121. The van der Waals surface area contributed by atoms with Gasteiger partial charge in [0.2, 0.25) is 5.91 Å². The maximum Gasteiger partial charge on any atom is 0.277 e. The van der Waals surface area contributed by atoms with Gasteiger partial charge in [0, 0.05) is 18.2 Å². The molecule has 2 heterocycles. The summed E-state index contributed by atoms with van der Waals surface area (Å²) in [5, 5.41) is 7.75. The summed E-state index contributed by atoms with van der Waals surface area (Å²) >= 11 is 0. The molecule has 7 nitrogen and oxygen atoms in total. The second-order valence-corrected chi connectivity index (χ2v) is 5.98. The van der Waals surface area contributed by atoms with E-state index in [9.17, 15) is 18.4 Å². The summed E-state index contributed by atoms with van der Waals surface area (Å²) in [6, 6.07) is 2.61. The highest BCUT2D eigenvalue weighted by atomic mass is 19.1. The average Bonchev–Trinajstić information content (AvgIpc) is 3.17. The number of likely N-dealkylation sites (tertiary alicyclic amines) is 1. The Kier molecular flexibility index (Phi) is 4.47. The van der Waals surface area contributed by atoms with Gasteiger partial charge in [-0.3, -0.25) is 9.59 Å². The molecule has 0 bridgehead atoms. The molecule has 1 aromatic heterocycles. The molecule has 2 amide bonds. The van der Waals surface area contributed by atoms with Gasteiger partial charge in [-0.15, -0.1) is 5.10 Å². The number of rotatable bonds is 4. The van der Waals surface area contributed by atoms with Crippen LogP contribution in [0.2, 0.25) is 0 Å². The van der Waals surface area contributed by atoms with E-state index in [2.05, 4.69) is 10.3 Å². The highest BCUT2D eigenvalue weighted by molar-refractivity contribution is 5.96. The monoisotopic (exact) mass is 349 g/mol. The molecule has 2 aromatic rings. The minimum absolute atomic E-state index is 0.0114. The zero-order chi connectivity index (χ0) is 18.1. The quantitative estimate of drug-likeness (QED) is 0.891. The van der Waals surface area contributed by atoms with E-state index in [0.717, 1.165) is 12.1 Å². The van der Waals surface area contributed by atoms with Crippen LogP contribution in [0.3, 0.4) is 0 Å². The van der Waals surface area contributed by atoms with Gasteiger partial charge in [0.1, 0.15) is 17.7 Å². The second-order valence-electron chi connectivity index (χ2n) is 5.98. The minimum Gasteiger partial charge on any atom is -0.368 e. The molecule has 1 aliphatic heterocycles. The summed E-state index contributed by atoms with van der Waals surface area (Å²) in [7, 11) is 0. The lowest BCUT2D eigenvalue weighted by Crippen LogP contribution is -2.44. The summed E-state index contributed by atoms with van der Waals surface area (Å²) in [6.45, 7) is 2.06. The van der Waals surface area contributed by atoms with Crippen molar-refractivity contribution >= 4 is 11.8 Å². The molecule has 1 aromatic carbocycles. The van der Waals surface area contributed by atoms with Gasteiger partial charge in [0.25, 0.3) is 5.91 Å². The van der Waals surface area contributed by atoms with Gasteiger partial charge in [-0.2, -0.15) is 0 Å². The molecule has 0 radical (unpaired) electrons. The third-order valence-corrected chi connectivity index (χ3v) is 4.36. The van der Waals surface area contributed by atoms with Crippen molar-refractivity contribution in [1.29, 1.82) is 0 Å². The molecule has 0 aliphatic carbocycles. The van der Waals surface area contributed by atoms with Gasteiger partial charge in [0.15, 0.2) is 5.69 Å². The number of primary amides is 1. The highest BCUT2D eigenvalue weighted by Gasteiger charge is 2.35. The molecule has 0 spiro atoms. The first kappa shape index (κ1) is 17.0. The Morgan fingerprint density at radius 2 is 2.12 bits per heavy atom. The molecular formula is C16H17F2N5O2. The molecule has 1 fully saturated rings. The number of carbonyl (C=O) groups is 2. The predicted octanol–water partition coefficient (Wildman–Crippen LogP) is 1.00. The number of carbonyl (C=O) groups excluding carboxylic acids is 2. The van der Waals surface area contributed by atoms with Crippen LogP contribution in [0.1, 0.15) is 34.6 Å². The van der Waals surface area contributed by atoms with E-state index in [4.69, 9.17) is 5.73 Å². The summed E-state index contributed by atoms with van der Waals surface area (Å²) in [4.78, 5) is 25.5. The number of nitrogens with zero attached hydrogens (tertiary/aromatic N) is 4. The smallest absolute Gasteiger partial charge is 0.277 e. The van der Waals surface area contributed by atoms with Gasteiger partial charge in [-0.05, 0) is 25.8 Å². The average molecular weight is 349 g/mol. The topological polar surface area (TPSA) is 94.1 Å². The van der Waals surface area contributed by atoms with Crippen LogP contribution in [-0.2, 0) is 11.3 Å². The Morgan fingerprint density at radius 1 is 1.36 bits per heavy atom. The third-order valence-electron chi connectivity index (χ3n) is 4.36. The first-order valence-corrected chi connectivity index (χ1v) is 7.82. The first-order chi connectivity index (χ1) is 11.9.